The van der Waals surface area contributed by atoms with Crippen LogP contribution in [0, 0.1) is 6.92 Å². The third kappa shape index (κ3) is 2.41. The number of anilines is 1. The minimum atomic E-state index is -4.50. The maximum atomic E-state index is 12.4. The molecule has 0 aliphatic carbocycles. The zero-order valence-corrected chi connectivity index (χ0v) is 8.60. The van der Waals surface area contributed by atoms with Crippen LogP contribution < -0.4 is 10.6 Å². The van der Waals surface area contributed by atoms with Crippen molar-refractivity contribution in [2.45, 2.75) is 19.1 Å². The average Bonchev–Trinajstić information content (AvgIpc) is 2.09. The number of nitrogens with one attached hydrogen (secondary N) is 2. The van der Waals surface area contributed by atoms with Gasteiger partial charge in [0.05, 0.1) is 6.04 Å². The molecule has 0 amide bonds. The number of hydrogen-bond donors (Lipinski definition) is 2. The van der Waals surface area contributed by atoms with Gasteiger partial charge in [-0.05, 0) is 6.92 Å². The first-order chi connectivity index (χ1) is 7.45. The maximum Gasteiger partial charge on any atom is 0.451 e. The Morgan fingerprint density at radius 1 is 1.38 bits per heavy atom. The van der Waals surface area contributed by atoms with Crippen molar-refractivity contribution in [2.24, 2.45) is 0 Å². The molecule has 88 valence electrons. The minimum absolute atomic E-state index is 0.149. The van der Waals surface area contributed by atoms with Gasteiger partial charge in [-0.1, -0.05) is 0 Å². The number of aromatic nitrogens is 2. The largest absolute Gasteiger partial charge is 0.451 e. The normalized spacial score (nSPS) is 17.0. The van der Waals surface area contributed by atoms with Crippen molar-refractivity contribution in [3.8, 4) is 0 Å². The van der Waals surface area contributed by atoms with Gasteiger partial charge in [-0.3, -0.25) is 0 Å². The third-order valence-electron chi connectivity index (χ3n) is 2.24. The van der Waals surface area contributed by atoms with E-state index in [-0.39, 0.29) is 11.9 Å². The van der Waals surface area contributed by atoms with E-state index >= 15 is 0 Å². The van der Waals surface area contributed by atoms with Crippen molar-refractivity contribution >= 4 is 5.82 Å². The zero-order valence-electron chi connectivity index (χ0n) is 8.60. The van der Waals surface area contributed by atoms with Gasteiger partial charge in [0, 0.05) is 24.8 Å². The second kappa shape index (κ2) is 3.89. The quantitative estimate of drug-likeness (QED) is 0.804. The number of halogens is 3. The first-order valence-electron chi connectivity index (χ1n) is 4.85. The van der Waals surface area contributed by atoms with E-state index in [1.165, 1.54) is 13.0 Å². The number of aryl methyl sites for hydroxylation is 1. The molecule has 4 nitrogen and oxygen atoms in total. The maximum absolute atomic E-state index is 12.4. The molecule has 2 rings (SSSR count). The van der Waals surface area contributed by atoms with Gasteiger partial charge >= 0.3 is 6.18 Å². The molecule has 0 unspecified atom stereocenters. The van der Waals surface area contributed by atoms with Crippen molar-refractivity contribution in [1.29, 1.82) is 0 Å². The lowest BCUT2D eigenvalue weighted by Crippen LogP contribution is -2.51. The summed E-state index contributed by atoms with van der Waals surface area (Å²) in [7, 11) is 0. The third-order valence-corrected chi connectivity index (χ3v) is 2.24. The van der Waals surface area contributed by atoms with Gasteiger partial charge < -0.3 is 10.6 Å². The van der Waals surface area contributed by atoms with Crippen LogP contribution in [0.25, 0.3) is 0 Å². The van der Waals surface area contributed by atoms with Gasteiger partial charge in [-0.2, -0.15) is 13.2 Å². The molecule has 1 aromatic rings. The number of hydrogen-bond acceptors (Lipinski definition) is 4. The molecule has 1 aliphatic rings. The molecular formula is C9H11F3N4. The van der Waals surface area contributed by atoms with E-state index in [4.69, 9.17) is 0 Å². The molecule has 1 saturated heterocycles. The lowest BCUT2D eigenvalue weighted by Gasteiger charge is -2.28. The summed E-state index contributed by atoms with van der Waals surface area (Å²) in [6.07, 6.45) is -4.50. The van der Waals surface area contributed by atoms with Gasteiger partial charge in [-0.15, -0.1) is 0 Å². The standard InChI is InChI=1S/C9H11F3N4/c1-5-2-7(15-6-3-13-4-6)16-8(14-5)9(10,11)12/h2,6,13H,3-4H2,1H3,(H,14,15,16). The molecule has 0 atom stereocenters. The van der Waals surface area contributed by atoms with Crippen LogP contribution in [0.15, 0.2) is 6.07 Å². The van der Waals surface area contributed by atoms with E-state index in [0.29, 0.717) is 5.69 Å². The highest BCUT2D eigenvalue weighted by Gasteiger charge is 2.35. The predicted octanol–water partition coefficient (Wildman–Crippen LogP) is 1.19. The van der Waals surface area contributed by atoms with Crippen molar-refractivity contribution < 1.29 is 13.2 Å². The SMILES string of the molecule is Cc1cc(NC2CNC2)nc(C(F)(F)F)n1. The van der Waals surface area contributed by atoms with Crippen LogP contribution in [0.5, 0.6) is 0 Å². The summed E-state index contributed by atoms with van der Waals surface area (Å²) < 4.78 is 37.2. The van der Waals surface area contributed by atoms with Crippen LogP contribution in [0.1, 0.15) is 11.5 Å². The van der Waals surface area contributed by atoms with E-state index in [1.807, 2.05) is 0 Å². The molecule has 1 aliphatic heterocycles. The molecule has 0 aromatic carbocycles. The Morgan fingerprint density at radius 3 is 2.56 bits per heavy atom. The van der Waals surface area contributed by atoms with E-state index < -0.39 is 12.0 Å². The van der Waals surface area contributed by atoms with Crippen molar-refractivity contribution in [2.75, 3.05) is 18.4 Å². The van der Waals surface area contributed by atoms with E-state index in [0.717, 1.165) is 13.1 Å². The monoisotopic (exact) mass is 232 g/mol. The van der Waals surface area contributed by atoms with E-state index in [9.17, 15) is 13.2 Å². The molecular weight excluding hydrogens is 221 g/mol. The molecule has 1 aromatic heterocycles. The summed E-state index contributed by atoms with van der Waals surface area (Å²) in [5, 5.41) is 5.93. The first-order valence-corrected chi connectivity index (χ1v) is 4.85. The highest BCUT2D eigenvalue weighted by Crippen LogP contribution is 2.27. The highest BCUT2D eigenvalue weighted by molar-refractivity contribution is 5.38. The topological polar surface area (TPSA) is 49.8 Å². The summed E-state index contributed by atoms with van der Waals surface area (Å²) in [6.45, 7) is 3.00. The molecule has 0 bridgehead atoms. The van der Waals surface area contributed by atoms with Crippen LogP contribution in [0.2, 0.25) is 0 Å². The lowest BCUT2D eigenvalue weighted by atomic mass is 10.2. The van der Waals surface area contributed by atoms with Crippen molar-refractivity contribution in [3.05, 3.63) is 17.6 Å². The Hall–Kier alpha value is -1.37. The molecule has 2 N–H and O–H groups in total. The Kier molecular flexibility index (Phi) is 2.71. The van der Waals surface area contributed by atoms with Crippen LogP contribution in [0.4, 0.5) is 19.0 Å². The highest BCUT2D eigenvalue weighted by atomic mass is 19.4. The number of nitrogens with zero attached hydrogens (tertiary/aromatic N) is 2. The second-order valence-electron chi connectivity index (χ2n) is 3.72. The fourth-order valence-electron chi connectivity index (χ4n) is 1.37. The average molecular weight is 232 g/mol. The number of rotatable bonds is 2. The molecule has 1 fully saturated rings. The van der Waals surface area contributed by atoms with E-state index in [1.54, 1.807) is 0 Å². The van der Waals surface area contributed by atoms with Crippen LogP contribution in [-0.4, -0.2) is 29.1 Å². The molecule has 0 spiro atoms. The summed E-state index contributed by atoms with van der Waals surface area (Å²) in [6, 6.07) is 1.66. The predicted molar refractivity (Wildman–Crippen MR) is 52.1 cm³/mol. The summed E-state index contributed by atoms with van der Waals surface area (Å²) in [4.78, 5) is 6.82. The van der Waals surface area contributed by atoms with E-state index in [2.05, 4.69) is 20.6 Å². The fraction of sp³-hybridized carbons (Fsp3) is 0.556. The smallest absolute Gasteiger partial charge is 0.365 e. The summed E-state index contributed by atoms with van der Waals surface area (Å²) in [5.74, 6) is -0.867. The molecule has 2 heterocycles. The lowest BCUT2D eigenvalue weighted by molar-refractivity contribution is -0.145. The summed E-state index contributed by atoms with van der Waals surface area (Å²) in [5.41, 5.74) is 0.303. The van der Waals surface area contributed by atoms with Gasteiger partial charge in [0.1, 0.15) is 5.82 Å². The van der Waals surface area contributed by atoms with Crippen molar-refractivity contribution in [1.82, 2.24) is 15.3 Å². The minimum Gasteiger partial charge on any atom is -0.365 e. The van der Waals surface area contributed by atoms with Gasteiger partial charge in [0.25, 0.3) is 0 Å². The van der Waals surface area contributed by atoms with Gasteiger partial charge in [-0.25, -0.2) is 9.97 Å². The van der Waals surface area contributed by atoms with Crippen molar-refractivity contribution in [3.63, 3.8) is 0 Å². The zero-order chi connectivity index (χ0) is 11.8. The Morgan fingerprint density at radius 2 is 2.06 bits per heavy atom. The molecule has 16 heavy (non-hydrogen) atoms. The number of alkyl halides is 3. The molecule has 0 saturated carbocycles. The van der Waals surface area contributed by atoms with Gasteiger partial charge in [0.2, 0.25) is 5.82 Å². The Labute approximate surface area is 90.3 Å². The molecule has 0 radical (unpaired) electrons. The summed E-state index contributed by atoms with van der Waals surface area (Å²) >= 11 is 0. The molecule has 7 heteroatoms. The van der Waals surface area contributed by atoms with Crippen LogP contribution >= 0.6 is 0 Å². The Bertz CT molecular complexity index is 387. The Balaban J connectivity index is 2.21. The van der Waals surface area contributed by atoms with Crippen LogP contribution in [-0.2, 0) is 6.18 Å². The first kappa shape index (κ1) is 11.1. The second-order valence-corrected chi connectivity index (χ2v) is 3.72. The van der Waals surface area contributed by atoms with Gasteiger partial charge in [0.15, 0.2) is 0 Å². The fourth-order valence-corrected chi connectivity index (χ4v) is 1.37. The van der Waals surface area contributed by atoms with Crippen LogP contribution in [0.3, 0.4) is 0 Å².